The summed E-state index contributed by atoms with van der Waals surface area (Å²) in [5.41, 5.74) is 0. The third-order valence-corrected chi connectivity index (χ3v) is 1.32. The number of rotatable bonds is 5. The number of aldehydes is 1. The van der Waals surface area contributed by atoms with Crippen LogP contribution in [0.15, 0.2) is 12.7 Å². The Kier molecular flexibility index (Phi) is 5.18. The summed E-state index contributed by atoms with van der Waals surface area (Å²) >= 11 is 0. The molecule has 0 aromatic carbocycles. The molecule has 1 atom stereocenters. The molecule has 0 bridgehead atoms. The Bertz CT molecular complexity index is 86.6. The van der Waals surface area contributed by atoms with Crippen LogP contribution in [0.3, 0.4) is 0 Å². The zero-order valence-electron chi connectivity index (χ0n) is 5.97. The van der Waals surface area contributed by atoms with Gasteiger partial charge in [0.25, 0.3) is 0 Å². The fourth-order valence-corrected chi connectivity index (χ4v) is 0.826. The van der Waals surface area contributed by atoms with Crippen LogP contribution in [0.4, 0.5) is 0 Å². The van der Waals surface area contributed by atoms with Crippen LogP contribution in [-0.2, 0) is 4.79 Å². The molecule has 0 amide bonds. The molecule has 0 aromatic rings. The molecular formula is C8H14O. The highest BCUT2D eigenvalue weighted by Crippen LogP contribution is 2.07. The van der Waals surface area contributed by atoms with Crippen LogP contribution in [0.25, 0.3) is 0 Å². The molecule has 0 spiro atoms. The Morgan fingerprint density at radius 2 is 2.33 bits per heavy atom. The summed E-state index contributed by atoms with van der Waals surface area (Å²) in [4.78, 5) is 10.2. The monoisotopic (exact) mass is 126 g/mol. The molecule has 0 fully saturated rings. The highest BCUT2D eigenvalue weighted by atomic mass is 16.1. The van der Waals surface area contributed by atoms with Crippen molar-refractivity contribution in [2.45, 2.75) is 26.2 Å². The first-order valence-electron chi connectivity index (χ1n) is 3.41. The topological polar surface area (TPSA) is 17.1 Å². The Morgan fingerprint density at radius 1 is 1.67 bits per heavy atom. The number of carbonyl (C=O) groups excluding carboxylic acids is 1. The summed E-state index contributed by atoms with van der Waals surface area (Å²) in [6, 6.07) is 0. The smallest absolute Gasteiger partial charge is 0.123 e. The molecule has 1 heteroatoms. The van der Waals surface area contributed by atoms with E-state index in [-0.39, 0.29) is 5.92 Å². The van der Waals surface area contributed by atoms with E-state index < -0.39 is 0 Å². The van der Waals surface area contributed by atoms with Gasteiger partial charge in [0, 0.05) is 5.92 Å². The van der Waals surface area contributed by atoms with Crippen LogP contribution in [0.2, 0.25) is 0 Å². The minimum atomic E-state index is 0.215. The summed E-state index contributed by atoms with van der Waals surface area (Å²) in [5, 5.41) is 0. The standard InChI is InChI=1S/C8H14O/c1-3-5-8(7-9)6-4-2/h3,7-8H,1,4-6H2,2H3/t8-/m1/s1. The predicted molar refractivity (Wildman–Crippen MR) is 39.3 cm³/mol. The van der Waals surface area contributed by atoms with Gasteiger partial charge in [-0.15, -0.1) is 6.58 Å². The van der Waals surface area contributed by atoms with E-state index in [1.807, 2.05) is 0 Å². The normalized spacial score (nSPS) is 12.6. The van der Waals surface area contributed by atoms with E-state index in [1.54, 1.807) is 6.08 Å². The van der Waals surface area contributed by atoms with Crippen LogP contribution < -0.4 is 0 Å². The molecule has 0 aliphatic carbocycles. The highest BCUT2D eigenvalue weighted by Gasteiger charge is 2.01. The fourth-order valence-electron chi connectivity index (χ4n) is 0.826. The van der Waals surface area contributed by atoms with Crippen molar-refractivity contribution in [2.75, 3.05) is 0 Å². The van der Waals surface area contributed by atoms with Crippen LogP contribution in [0.1, 0.15) is 26.2 Å². The number of allylic oxidation sites excluding steroid dienone is 1. The predicted octanol–water partition coefficient (Wildman–Crippen LogP) is 2.18. The second-order valence-electron chi connectivity index (χ2n) is 2.21. The number of hydrogen-bond acceptors (Lipinski definition) is 1. The van der Waals surface area contributed by atoms with E-state index in [9.17, 15) is 4.79 Å². The third-order valence-electron chi connectivity index (χ3n) is 1.32. The van der Waals surface area contributed by atoms with Crippen LogP contribution in [0, 0.1) is 5.92 Å². The van der Waals surface area contributed by atoms with Gasteiger partial charge in [0.2, 0.25) is 0 Å². The van der Waals surface area contributed by atoms with Crippen LogP contribution >= 0.6 is 0 Å². The minimum absolute atomic E-state index is 0.215. The zero-order chi connectivity index (χ0) is 7.11. The van der Waals surface area contributed by atoms with Gasteiger partial charge in [0.1, 0.15) is 6.29 Å². The van der Waals surface area contributed by atoms with E-state index in [1.165, 1.54) is 0 Å². The lowest BCUT2D eigenvalue weighted by Crippen LogP contribution is -1.98. The molecule has 0 radical (unpaired) electrons. The first-order valence-corrected chi connectivity index (χ1v) is 3.41. The van der Waals surface area contributed by atoms with Crippen LogP contribution in [-0.4, -0.2) is 6.29 Å². The minimum Gasteiger partial charge on any atom is -0.303 e. The first-order chi connectivity index (χ1) is 4.35. The molecule has 0 aliphatic rings. The second kappa shape index (κ2) is 5.54. The molecular weight excluding hydrogens is 112 g/mol. The van der Waals surface area contributed by atoms with Crippen molar-refractivity contribution in [3.63, 3.8) is 0 Å². The van der Waals surface area contributed by atoms with Crippen molar-refractivity contribution < 1.29 is 4.79 Å². The number of hydrogen-bond donors (Lipinski definition) is 0. The maximum Gasteiger partial charge on any atom is 0.123 e. The Morgan fingerprint density at radius 3 is 2.67 bits per heavy atom. The molecule has 0 aliphatic heterocycles. The lowest BCUT2D eigenvalue weighted by Gasteiger charge is -2.02. The number of carbonyl (C=O) groups is 1. The molecule has 0 N–H and O–H groups in total. The van der Waals surface area contributed by atoms with Gasteiger partial charge in [-0.1, -0.05) is 19.4 Å². The lowest BCUT2D eigenvalue weighted by molar-refractivity contribution is -0.111. The highest BCUT2D eigenvalue weighted by molar-refractivity contribution is 5.53. The Balaban J connectivity index is 3.40. The molecule has 0 saturated heterocycles. The van der Waals surface area contributed by atoms with E-state index in [0.717, 1.165) is 25.5 Å². The lowest BCUT2D eigenvalue weighted by atomic mass is 10.0. The average molecular weight is 126 g/mol. The van der Waals surface area contributed by atoms with Crippen LogP contribution in [0.5, 0.6) is 0 Å². The SMILES string of the molecule is C=CC[C@@H](C=O)CCC. The third kappa shape index (κ3) is 3.95. The van der Waals surface area contributed by atoms with E-state index in [4.69, 9.17) is 0 Å². The Labute approximate surface area is 56.8 Å². The largest absolute Gasteiger partial charge is 0.303 e. The summed E-state index contributed by atoms with van der Waals surface area (Å²) in [5.74, 6) is 0.215. The summed E-state index contributed by atoms with van der Waals surface area (Å²) in [6.07, 6.45) is 5.73. The van der Waals surface area contributed by atoms with Gasteiger partial charge in [-0.05, 0) is 12.8 Å². The van der Waals surface area contributed by atoms with Crippen molar-refractivity contribution in [1.82, 2.24) is 0 Å². The van der Waals surface area contributed by atoms with Crippen molar-refractivity contribution >= 4 is 6.29 Å². The van der Waals surface area contributed by atoms with Crippen molar-refractivity contribution in [2.24, 2.45) is 5.92 Å². The Hall–Kier alpha value is -0.590. The van der Waals surface area contributed by atoms with Crippen molar-refractivity contribution in [3.05, 3.63) is 12.7 Å². The zero-order valence-corrected chi connectivity index (χ0v) is 5.97. The maximum atomic E-state index is 10.2. The van der Waals surface area contributed by atoms with Gasteiger partial charge in [-0.3, -0.25) is 0 Å². The molecule has 0 saturated carbocycles. The molecule has 9 heavy (non-hydrogen) atoms. The molecule has 0 aromatic heterocycles. The van der Waals surface area contributed by atoms with Crippen molar-refractivity contribution in [3.8, 4) is 0 Å². The van der Waals surface area contributed by atoms with Gasteiger partial charge in [-0.25, -0.2) is 0 Å². The van der Waals surface area contributed by atoms with Gasteiger partial charge < -0.3 is 4.79 Å². The molecule has 0 rings (SSSR count). The quantitative estimate of drug-likeness (QED) is 0.407. The maximum absolute atomic E-state index is 10.2. The summed E-state index contributed by atoms with van der Waals surface area (Å²) in [7, 11) is 0. The van der Waals surface area contributed by atoms with Gasteiger partial charge in [0.15, 0.2) is 0 Å². The summed E-state index contributed by atoms with van der Waals surface area (Å²) in [6.45, 7) is 5.65. The molecule has 0 heterocycles. The second-order valence-corrected chi connectivity index (χ2v) is 2.21. The first kappa shape index (κ1) is 8.41. The fraction of sp³-hybridized carbons (Fsp3) is 0.625. The van der Waals surface area contributed by atoms with E-state index in [2.05, 4.69) is 13.5 Å². The van der Waals surface area contributed by atoms with E-state index >= 15 is 0 Å². The van der Waals surface area contributed by atoms with E-state index in [0.29, 0.717) is 0 Å². The van der Waals surface area contributed by atoms with Crippen molar-refractivity contribution in [1.29, 1.82) is 0 Å². The average Bonchev–Trinajstić information content (AvgIpc) is 1.88. The van der Waals surface area contributed by atoms with Gasteiger partial charge in [0.05, 0.1) is 0 Å². The summed E-state index contributed by atoms with van der Waals surface area (Å²) < 4.78 is 0. The molecule has 52 valence electrons. The van der Waals surface area contributed by atoms with Gasteiger partial charge >= 0.3 is 0 Å². The molecule has 0 unspecified atom stereocenters. The molecule has 1 nitrogen and oxygen atoms in total. The van der Waals surface area contributed by atoms with Gasteiger partial charge in [-0.2, -0.15) is 0 Å².